The second-order valence-electron chi connectivity index (χ2n) is 5.91. The molecular formula is C15H19N3O2S. The predicted molar refractivity (Wildman–Crippen MR) is 81.1 cm³/mol. The van der Waals surface area contributed by atoms with Gasteiger partial charge in [-0.2, -0.15) is 5.26 Å². The van der Waals surface area contributed by atoms with Crippen molar-refractivity contribution in [2.24, 2.45) is 0 Å². The summed E-state index contributed by atoms with van der Waals surface area (Å²) in [6, 6.07) is 4.17. The first-order valence-corrected chi connectivity index (χ1v) is 9.12. The number of aromatic nitrogens is 1. The van der Waals surface area contributed by atoms with Gasteiger partial charge in [-0.05, 0) is 44.2 Å². The molecule has 5 nitrogen and oxygen atoms in total. The first-order chi connectivity index (χ1) is 10.0. The minimum atomic E-state index is -2.99. The lowest BCUT2D eigenvalue weighted by molar-refractivity contribution is 0.568. The fourth-order valence-electron chi connectivity index (χ4n) is 3.09. The maximum Gasteiger partial charge on any atom is 0.156 e. The number of fused-ring (bicyclic) bond motifs is 1. The standard InChI is InChI=1S/C15H19N3O2S/c1-11-10-18(6-7-21(11,19)20)15-13(9-16)8-12-4-2-3-5-14(12)17-15/h8,11H,2-7,10H2,1H3. The highest BCUT2D eigenvalue weighted by atomic mass is 32.2. The Morgan fingerprint density at radius 2 is 2.14 bits per heavy atom. The SMILES string of the molecule is CC1CN(c2nc3c(cc2C#N)CCCC3)CCS1(=O)=O. The van der Waals surface area contributed by atoms with E-state index in [0.29, 0.717) is 24.5 Å². The molecule has 1 aromatic rings. The summed E-state index contributed by atoms with van der Waals surface area (Å²) >= 11 is 0. The van der Waals surface area contributed by atoms with Crippen molar-refractivity contribution in [3.05, 3.63) is 22.9 Å². The summed E-state index contributed by atoms with van der Waals surface area (Å²) in [7, 11) is -2.99. The van der Waals surface area contributed by atoms with E-state index in [1.807, 2.05) is 11.0 Å². The van der Waals surface area contributed by atoms with E-state index >= 15 is 0 Å². The molecule has 112 valence electrons. The molecule has 1 fully saturated rings. The average Bonchev–Trinajstić information content (AvgIpc) is 2.48. The summed E-state index contributed by atoms with van der Waals surface area (Å²) in [6.45, 7) is 2.57. The molecule has 2 aliphatic rings. The van der Waals surface area contributed by atoms with Gasteiger partial charge in [0, 0.05) is 18.8 Å². The van der Waals surface area contributed by atoms with E-state index in [2.05, 4.69) is 6.07 Å². The predicted octanol–water partition coefficient (Wildman–Crippen LogP) is 1.46. The molecule has 0 bridgehead atoms. The topological polar surface area (TPSA) is 74.1 Å². The van der Waals surface area contributed by atoms with Gasteiger partial charge >= 0.3 is 0 Å². The van der Waals surface area contributed by atoms with Crippen LogP contribution in [0.15, 0.2) is 6.07 Å². The zero-order chi connectivity index (χ0) is 15.0. The van der Waals surface area contributed by atoms with Crippen molar-refractivity contribution in [2.75, 3.05) is 23.7 Å². The van der Waals surface area contributed by atoms with Crippen LogP contribution in [0.3, 0.4) is 0 Å². The summed E-state index contributed by atoms with van der Waals surface area (Å²) in [5, 5.41) is 8.98. The number of hydrogen-bond donors (Lipinski definition) is 0. The second-order valence-corrected chi connectivity index (χ2v) is 8.45. The number of aryl methyl sites for hydroxylation is 2. The van der Waals surface area contributed by atoms with E-state index in [-0.39, 0.29) is 5.75 Å². The quantitative estimate of drug-likeness (QED) is 0.785. The van der Waals surface area contributed by atoms with Gasteiger partial charge in [0.05, 0.1) is 16.6 Å². The molecule has 2 heterocycles. The van der Waals surface area contributed by atoms with Crippen molar-refractivity contribution in [3.63, 3.8) is 0 Å². The Bertz CT molecular complexity index is 706. The number of sulfone groups is 1. The smallest absolute Gasteiger partial charge is 0.156 e. The summed E-state index contributed by atoms with van der Waals surface area (Å²) in [4.78, 5) is 6.66. The molecule has 1 aromatic heterocycles. The molecule has 0 radical (unpaired) electrons. The molecule has 1 aliphatic heterocycles. The van der Waals surface area contributed by atoms with Gasteiger partial charge in [-0.25, -0.2) is 13.4 Å². The van der Waals surface area contributed by atoms with E-state index in [0.717, 1.165) is 31.4 Å². The lowest BCUT2D eigenvalue weighted by Crippen LogP contribution is -2.46. The summed E-state index contributed by atoms with van der Waals surface area (Å²) in [6.07, 6.45) is 4.23. The van der Waals surface area contributed by atoms with Crippen molar-refractivity contribution in [3.8, 4) is 6.07 Å². The van der Waals surface area contributed by atoms with Gasteiger partial charge in [0.2, 0.25) is 0 Å². The van der Waals surface area contributed by atoms with E-state index in [9.17, 15) is 13.7 Å². The number of rotatable bonds is 1. The molecule has 0 N–H and O–H groups in total. The molecule has 1 unspecified atom stereocenters. The van der Waals surface area contributed by atoms with Gasteiger partial charge in [0.1, 0.15) is 11.9 Å². The second kappa shape index (κ2) is 5.30. The Labute approximate surface area is 125 Å². The lowest BCUT2D eigenvalue weighted by atomic mass is 9.95. The molecule has 0 amide bonds. The fourth-order valence-corrected chi connectivity index (χ4v) is 4.38. The molecule has 1 saturated heterocycles. The van der Waals surface area contributed by atoms with Crippen LogP contribution in [0.1, 0.15) is 36.6 Å². The number of pyridine rings is 1. The molecular weight excluding hydrogens is 286 g/mol. The molecule has 6 heteroatoms. The molecule has 0 aromatic carbocycles. The highest BCUT2D eigenvalue weighted by molar-refractivity contribution is 7.92. The Morgan fingerprint density at radius 3 is 2.86 bits per heavy atom. The van der Waals surface area contributed by atoms with Gasteiger partial charge in [-0.1, -0.05) is 0 Å². The highest BCUT2D eigenvalue weighted by Crippen LogP contribution is 2.28. The average molecular weight is 305 g/mol. The van der Waals surface area contributed by atoms with Crippen LogP contribution in [0.25, 0.3) is 0 Å². The zero-order valence-corrected chi connectivity index (χ0v) is 13.0. The monoisotopic (exact) mass is 305 g/mol. The van der Waals surface area contributed by atoms with Crippen LogP contribution in [0, 0.1) is 11.3 Å². The summed E-state index contributed by atoms with van der Waals surface area (Å²) in [5.74, 6) is 0.803. The van der Waals surface area contributed by atoms with E-state index < -0.39 is 15.1 Å². The van der Waals surface area contributed by atoms with Crippen LogP contribution < -0.4 is 4.90 Å². The number of nitrogens with zero attached hydrogens (tertiary/aromatic N) is 3. The van der Waals surface area contributed by atoms with Crippen LogP contribution in [0.4, 0.5) is 5.82 Å². The fraction of sp³-hybridized carbons (Fsp3) is 0.600. The first-order valence-electron chi connectivity index (χ1n) is 7.40. The number of nitriles is 1. The normalized spacial score (nSPS) is 24.2. The van der Waals surface area contributed by atoms with Crippen LogP contribution >= 0.6 is 0 Å². The lowest BCUT2D eigenvalue weighted by Gasteiger charge is -2.33. The van der Waals surface area contributed by atoms with E-state index in [1.165, 1.54) is 5.56 Å². The van der Waals surface area contributed by atoms with Crippen LogP contribution in [-0.4, -0.2) is 37.5 Å². The summed E-state index contributed by atoms with van der Waals surface area (Å²) < 4.78 is 23.7. The Balaban J connectivity index is 1.97. The molecule has 0 saturated carbocycles. The van der Waals surface area contributed by atoms with Crippen molar-refractivity contribution < 1.29 is 8.42 Å². The third-order valence-corrected chi connectivity index (χ3v) is 6.56. The largest absolute Gasteiger partial charge is 0.353 e. The van der Waals surface area contributed by atoms with Gasteiger partial charge in [-0.3, -0.25) is 0 Å². The minimum absolute atomic E-state index is 0.137. The van der Waals surface area contributed by atoms with Crippen LogP contribution in [0.2, 0.25) is 0 Å². The first kappa shape index (κ1) is 14.3. The third-order valence-electron chi connectivity index (χ3n) is 4.44. The van der Waals surface area contributed by atoms with Gasteiger partial charge in [0.25, 0.3) is 0 Å². The zero-order valence-electron chi connectivity index (χ0n) is 12.2. The molecule has 1 atom stereocenters. The van der Waals surface area contributed by atoms with Gasteiger partial charge in [-0.15, -0.1) is 0 Å². The van der Waals surface area contributed by atoms with Crippen LogP contribution in [0.5, 0.6) is 0 Å². The van der Waals surface area contributed by atoms with Gasteiger partial charge < -0.3 is 4.90 Å². The van der Waals surface area contributed by atoms with Crippen molar-refractivity contribution in [1.82, 2.24) is 4.98 Å². The molecule has 3 rings (SSSR count). The highest BCUT2D eigenvalue weighted by Gasteiger charge is 2.31. The van der Waals surface area contributed by atoms with Crippen molar-refractivity contribution >= 4 is 15.7 Å². The Hall–Kier alpha value is -1.61. The van der Waals surface area contributed by atoms with E-state index in [1.54, 1.807) is 6.92 Å². The van der Waals surface area contributed by atoms with E-state index in [4.69, 9.17) is 4.98 Å². The molecule has 1 aliphatic carbocycles. The maximum absolute atomic E-state index is 11.8. The Morgan fingerprint density at radius 1 is 1.38 bits per heavy atom. The summed E-state index contributed by atoms with van der Waals surface area (Å²) in [5.41, 5.74) is 2.83. The molecule has 21 heavy (non-hydrogen) atoms. The minimum Gasteiger partial charge on any atom is -0.353 e. The maximum atomic E-state index is 11.8. The van der Waals surface area contributed by atoms with Crippen LogP contribution in [-0.2, 0) is 22.7 Å². The number of hydrogen-bond acceptors (Lipinski definition) is 5. The number of anilines is 1. The van der Waals surface area contributed by atoms with Crippen molar-refractivity contribution in [1.29, 1.82) is 5.26 Å². The van der Waals surface area contributed by atoms with Crippen molar-refractivity contribution in [2.45, 2.75) is 37.9 Å². The third kappa shape index (κ3) is 2.62. The molecule has 0 spiro atoms. The van der Waals surface area contributed by atoms with Gasteiger partial charge in [0.15, 0.2) is 9.84 Å². The Kier molecular flexibility index (Phi) is 3.62.